The molecule has 2 amide bonds. The molecule has 0 bridgehead atoms. The lowest BCUT2D eigenvalue weighted by Gasteiger charge is -2.35. The van der Waals surface area contributed by atoms with Crippen molar-refractivity contribution in [1.29, 1.82) is 0 Å². The Kier molecular flexibility index (Phi) is 6.90. The molecule has 1 aliphatic rings. The number of anilines is 3. The Morgan fingerprint density at radius 1 is 0.906 bits per heavy atom. The van der Waals surface area contributed by atoms with Gasteiger partial charge in [0.15, 0.2) is 0 Å². The molecule has 32 heavy (non-hydrogen) atoms. The minimum absolute atomic E-state index is 0.0460. The van der Waals surface area contributed by atoms with Gasteiger partial charge in [-0.15, -0.1) is 0 Å². The number of aromatic nitrogens is 1. The topological polar surface area (TPSA) is 60.5 Å². The molecule has 6 nitrogen and oxygen atoms in total. The van der Waals surface area contributed by atoms with E-state index in [-0.39, 0.29) is 6.03 Å². The monoisotopic (exact) mass is 429 g/mol. The van der Waals surface area contributed by atoms with Crippen LogP contribution in [0.3, 0.4) is 0 Å². The summed E-state index contributed by atoms with van der Waals surface area (Å²) < 4.78 is 0. The second kappa shape index (κ2) is 10.2. The molecule has 6 heteroatoms. The molecule has 0 radical (unpaired) electrons. The summed E-state index contributed by atoms with van der Waals surface area (Å²) in [4.78, 5) is 21.3. The minimum Gasteiger partial charge on any atom is -0.380 e. The van der Waals surface area contributed by atoms with E-state index in [1.54, 1.807) is 0 Å². The fourth-order valence-electron chi connectivity index (χ4n) is 3.77. The number of rotatable bonds is 6. The maximum atomic E-state index is 12.6. The van der Waals surface area contributed by atoms with Gasteiger partial charge in [-0.2, -0.15) is 0 Å². The lowest BCUT2D eigenvalue weighted by molar-refractivity contribution is 0.208. The first-order valence-corrected chi connectivity index (χ1v) is 11.2. The predicted octanol–water partition coefficient (Wildman–Crippen LogP) is 5.17. The molecular formula is C26H31N5O. The van der Waals surface area contributed by atoms with Crippen LogP contribution in [-0.4, -0.2) is 42.1 Å². The van der Waals surface area contributed by atoms with Gasteiger partial charge in [0.05, 0.1) is 11.9 Å². The van der Waals surface area contributed by atoms with Crippen molar-refractivity contribution in [2.45, 2.75) is 26.3 Å². The van der Waals surface area contributed by atoms with Crippen LogP contribution in [0, 0.1) is 0 Å². The van der Waals surface area contributed by atoms with Gasteiger partial charge in [0.25, 0.3) is 0 Å². The Morgan fingerprint density at radius 3 is 2.22 bits per heavy atom. The molecule has 1 aromatic heterocycles. The van der Waals surface area contributed by atoms with Gasteiger partial charge in [-0.05, 0) is 41.3 Å². The highest BCUT2D eigenvalue weighted by molar-refractivity contribution is 5.89. The van der Waals surface area contributed by atoms with Crippen molar-refractivity contribution in [1.82, 2.24) is 9.88 Å². The van der Waals surface area contributed by atoms with Crippen molar-refractivity contribution in [3.63, 3.8) is 0 Å². The predicted molar refractivity (Wildman–Crippen MR) is 131 cm³/mol. The Hall–Kier alpha value is -3.54. The Balaban J connectivity index is 1.25. The summed E-state index contributed by atoms with van der Waals surface area (Å²) in [5, 5.41) is 6.42. The number of hydrogen-bond acceptors (Lipinski definition) is 4. The molecule has 0 spiro atoms. The summed E-state index contributed by atoms with van der Waals surface area (Å²) >= 11 is 0. The highest BCUT2D eigenvalue weighted by Gasteiger charge is 2.22. The first-order chi connectivity index (χ1) is 15.6. The van der Waals surface area contributed by atoms with Gasteiger partial charge in [-0.25, -0.2) is 9.78 Å². The molecule has 2 aromatic carbocycles. The number of carbonyl (C=O) groups excluding carboxylic acids is 1. The molecule has 2 heterocycles. The number of pyridine rings is 1. The maximum Gasteiger partial charge on any atom is 0.321 e. The zero-order valence-electron chi connectivity index (χ0n) is 18.8. The number of nitrogens with zero attached hydrogens (tertiary/aromatic N) is 3. The van der Waals surface area contributed by atoms with Gasteiger partial charge in [0.2, 0.25) is 0 Å². The van der Waals surface area contributed by atoms with Crippen LogP contribution in [0.25, 0.3) is 0 Å². The van der Waals surface area contributed by atoms with Crippen LogP contribution >= 0.6 is 0 Å². The summed E-state index contributed by atoms with van der Waals surface area (Å²) in [6.45, 7) is 7.98. The first-order valence-electron chi connectivity index (χ1n) is 11.2. The van der Waals surface area contributed by atoms with Crippen molar-refractivity contribution in [3.05, 3.63) is 84.1 Å². The van der Waals surface area contributed by atoms with Crippen molar-refractivity contribution in [2.24, 2.45) is 0 Å². The zero-order chi connectivity index (χ0) is 22.3. The first kappa shape index (κ1) is 21.7. The average molecular weight is 430 g/mol. The molecule has 0 atom stereocenters. The standard InChI is InChI=1S/C26H31N5O/c1-20(2)22-8-10-23(11-9-22)29-26(32)31-16-14-30(15-17-31)25-13-12-24(19-28-25)27-18-21-6-4-3-5-7-21/h3-13,19-20,27H,14-18H2,1-2H3,(H,29,32). The highest BCUT2D eigenvalue weighted by atomic mass is 16.2. The van der Waals surface area contributed by atoms with E-state index in [9.17, 15) is 4.79 Å². The van der Waals surface area contributed by atoms with Crippen LogP contribution in [0.2, 0.25) is 0 Å². The second-order valence-electron chi connectivity index (χ2n) is 8.43. The second-order valence-corrected chi connectivity index (χ2v) is 8.43. The molecule has 0 saturated carbocycles. The van der Waals surface area contributed by atoms with Crippen molar-refractivity contribution in [3.8, 4) is 0 Å². The quantitative estimate of drug-likeness (QED) is 0.567. The average Bonchev–Trinajstić information content (AvgIpc) is 2.84. The maximum absolute atomic E-state index is 12.6. The van der Waals surface area contributed by atoms with Crippen molar-refractivity contribution in [2.75, 3.05) is 41.7 Å². The van der Waals surface area contributed by atoms with E-state index in [4.69, 9.17) is 0 Å². The van der Waals surface area contributed by atoms with Crippen LogP contribution in [0.15, 0.2) is 72.9 Å². The Labute approximate surface area is 190 Å². The summed E-state index contributed by atoms with van der Waals surface area (Å²) in [6.07, 6.45) is 1.87. The molecule has 1 saturated heterocycles. The fourth-order valence-corrected chi connectivity index (χ4v) is 3.77. The van der Waals surface area contributed by atoms with Gasteiger partial charge in [0, 0.05) is 38.4 Å². The van der Waals surface area contributed by atoms with Crippen LogP contribution in [0.4, 0.5) is 22.0 Å². The van der Waals surface area contributed by atoms with Crippen LogP contribution in [0.5, 0.6) is 0 Å². The largest absolute Gasteiger partial charge is 0.380 e. The fraction of sp³-hybridized carbons (Fsp3) is 0.308. The van der Waals surface area contributed by atoms with E-state index in [0.717, 1.165) is 36.8 Å². The lowest BCUT2D eigenvalue weighted by atomic mass is 10.0. The van der Waals surface area contributed by atoms with Gasteiger partial charge in [-0.1, -0.05) is 56.3 Å². The summed E-state index contributed by atoms with van der Waals surface area (Å²) in [5.74, 6) is 1.43. The van der Waals surface area contributed by atoms with E-state index >= 15 is 0 Å². The summed E-state index contributed by atoms with van der Waals surface area (Å²) in [6, 6.07) is 22.5. The molecule has 1 aliphatic heterocycles. The van der Waals surface area contributed by atoms with Crippen molar-refractivity contribution >= 4 is 23.2 Å². The molecule has 4 rings (SSSR count). The van der Waals surface area contributed by atoms with E-state index in [0.29, 0.717) is 19.0 Å². The van der Waals surface area contributed by atoms with E-state index in [1.807, 2.05) is 47.5 Å². The number of nitrogens with one attached hydrogen (secondary N) is 2. The molecule has 2 N–H and O–H groups in total. The van der Waals surface area contributed by atoms with Crippen LogP contribution < -0.4 is 15.5 Å². The molecule has 3 aromatic rings. The molecule has 1 fully saturated rings. The number of amides is 2. The summed E-state index contributed by atoms with van der Waals surface area (Å²) in [5.41, 5.74) is 4.34. The van der Waals surface area contributed by atoms with E-state index in [1.165, 1.54) is 11.1 Å². The number of piperazine rings is 1. The Bertz CT molecular complexity index is 995. The van der Waals surface area contributed by atoms with Gasteiger partial charge in [0.1, 0.15) is 5.82 Å². The molecule has 0 aliphatic carbocycles. The third-order valence-corrected chi connectivity index (χ3v) is 5.81. The normalized spacial score (nSPS) is 13.8. The number of carbonyl (C=O) groups is 1. The number of hydrogen-bond donors (Lipinski definition) is 2. The van der Waals surface area contributed by atoms with Crippen LogP contribution in [-0.2, 0) is 6.54 Å². The number of urea groups is 1. The van der Waals surface area contributed by atoms with Gasteiger partial charge < -0.3 is 20.4 Å². The van der Waals surface area contributed by atoms with Gasteiger partial charge in [-0.3, -0.25) is 0 Å². The third-order valence-electron chi connectivity index (χ3n) is 5.81. The highest BCUT2D eigenvalue weighted by Crippen LogP contribution is 2.19. The third kappa shape index (κ3) is 5.58. The number of benzene rings is 2. The summed E-state index contributed by atoms with van der Waals surface area (Å²) in [7, 11) is 0. The Morgan fingerprint density at radius 2 is 1.59 bits per heavy atom. The molecule has 166 valence electrons. The van der Waals surface area contributed by atoms with Gasteiger partial charge >= 0.3 is 6.03 Å². The lowest BCUT2D eigenvalue weighted by Crippen LogP contribution is -2.50. The molecule has 0 unspecified atom stereocenters. The van der Waals surface area contributed by atoms with E-state index in [2.05, 4.69) is 64.7 Å². The minimum atomic E-state index is -0.0460. The smallest absolute Gasteiger partial charge is 0.321 e. The van der Waals surface area contributed by atoms with E-state index < -0.39 is 0 Å². The zero-order valence-corrected chi connectivity index (χ0v) is 18.8. The van der Waals surface area contributed by atoms with Crippen LogP contribution in [0.1, 0.15) is 30.9 Å². The van der Waals surface area contributed by atoms with Crippen molar-refractivity contribution < 1.29 is 4.79 Å². The SMILES string of the molecule is CC(C)c1ccc(NC(=O)N2CCN(c3ccc(NCc4ccccc4)cn3)CC2)cc1. The molecular weight excluding hydrogens is 398 g/mol.